The lowest BCUT2D eigenvalue weighted by Gasteiger charge is -2.24. The predicted octanol–water partition coefficient (Wildman–Crippen LogP) is 2.77. The molecule has 1 N–H and O–H groups in total. The van der Waals surface area contributed by atoms with E-state index in [2.05, 4.69) is 0 Å². The Morgan fingerprint density at radius 3 is 2.48 bits per heavy atom. The summed E-state index contributed by atoms with van der Waals surface area (Å²) in [4.78, 5) is 24.4. The summed E-state index contributed by atoms with van der Waals surface area (Å²) in [5.41, 5.74) is 0. The largest absolute Gasteiger partial charge is 0.480 e. The second-order valence-electron chi connectivity index (χ2n) is 4.68. The van der Waals surface area contributed by atoms with Crippen LogP contribution < -0.4 is 0 Å². The standard InChI is InChI=1S/C14H17F2NO3S/c1-9(2)17(8-14(19)20)13(18)5-6-21-10-3-4-11(15)12(16)7-10/h3-4,7,9H,5-6,8H2,1-2H3,(H,19,20). The van der Waals surface area contributed by atoms with Crippen LogP contribution in [0.5, 0.6) is 0 Å². The zero-order valence-electron chi connectivity index (χ0n) is 11.8. The van der Waals surface area contributed by atoms with Gasteiger partial charge in [0.15, 0.2) is 11.6 Å². The predicted molar refractivity (Wildman–Crippen MR) is 76.2 cm³/mol. The summed E-state index contributed by atoms with van der Waals surface area (Å²) < 4.78 is 25.8. The highest BCUT2D eigenvalue weighted by atomic mass is 32.2. The lowest BCUT2D eigenvalue weighted by atomic mass is 10.3. The topological polar surface area (TPSA) is 57.6 Å². The monoisotopic (exact) mass is 317 g/mol. The van der Waals surface area contributed by atoms with E-state index in [0.29, 0.717) is 10.6 Å². The Morgan fingerprint density at radius 1 is 1.29 bits per heavy atom. The number of rotatable bonds is 7. The van der Waals surface area contributed by atoms with Crippen molar-refractivity contribution in [2.24, 2.45) is 0 Å². The molecule has 0 aliphatic rings. The van der Waals surface area contributed by atoms with E-state index >= 15 is 0 Å². The van der Waals surface area contributed by atoms with Gasteiger partial charge in [0.25, 0.3) is 0 Å². The summed E-state index contributed by atoms with van der Waals surface area (Å²) in [5.74, 6) is -2.82. The van der Waals surface area contributed by atoms with E-state index in [4.69, 9.17) is 5.11 Å². The molecule has 0 spiro atoms. The molecule has 0 fully saturated rings. The Labute approximate surface area is 126 Å². The van der Waals surface area contributed by atoms with Crippen molar-refractivity contribution < 1.29 is 23.5 Å². The molecule has 0 unspecified atom stereocenters. The van der Waals surface area contributed by atoms with Crippen molar-refractivity contribution in [3.8, 4) is 0 Å². The van der Waals surface area contributed by atoms with Crippen LogP contribution in [0.3, 0.4) is 0 Å². The molecular formula is C14H17F2NO3S. The van der Waals surface area contributed by atoms with Crippen LogP contribution in [0.25, 0.3) is 0 Å². The summed E-state index contributed by atoms with van der Waals surface area (Å²) in [7, 11) is 0. The minimum atomic E-state index is -1.06. The Bertz CT molecular complexity index is 523. The van der Waals surface area contributed by atoms with Crippen LogP contribution in [-0.2, 0) is 9.59 Å². The van der Waals surface area contributed by atoms with Gasteiger partial charge in [0, 0.05) is 23.1 Å². The third-order valence-corrected chi connectivity index (χ3v) is 3.72. The molecule has 0 radical (unpaired) electrons. The Balaban J connectivity index is 2.51. The van der Waals surface area contributed by atoms with E-state index in [1.165, 1.54) is 22.7 Å². The minimum absolute atomic E-state index is 0.134. The quantitative estimate of drug-likeness (QED) is 0.786. The number of carbonyl (C=O) groups excluding carboxylic acids is 1. The van der Waals surface area contributed by atoms with E-state index in [0.717, 1.165) is 12.1 Å². The van der Waals surface area contributed by atoms with Crippen molar-refractivity contribution in [1.29, 1.82) is 0 Å². The highest BCUT2D eigenvalue weighted by Crippen LogP contribution is 2.21. The fourth-order valence-corrected chi connectivity index (χ4v) is 2.53. The summed E-state index contributed by atoms with van der Waals surface area (Å²) in [6.45, 7) is 3.14. The first kappa shape index (κ1) is 17.4. The second-order valence-corrected chi connectivity index (χ2v) is 5.85. The molecule has 1 rings (SSSR count). The van der Waals surface area contributed by atoms with Crippen LogP contribution in [0.1, 0.15) is 20.3 Å². The number of nitrogens with zero attached hydrogens (tertiary/aromatic N) is 1. The lowest BCUT2D eigenvalue weighted by molar-refractivity contribution is -0.145. The first-order valence-electron chi connectivity index (χ1n) is 6.40. The first-order valence-corrected chi connectivity index (χ1v) is 7.39. The summed E-state index contributed by atoms with van der Waals surface area (Å²) >= 11 is 1.22. The molecule has 0 heterocycles. The summed E-state index contributed by atoms with van der Waals surface area (Å²) in [6.07, 6.45) is 0.134. The van der Waals surface area contributed by atoms with Gasteiger partial charge in [0.1, 0.15) is 6.54 Å². The van der Waals surface area contributed by atoms with Crippen molar-refractivity contribution in [3.63, 3.8) is 0 Å². The van der Waals surface area contributed by atoms with E-state index in [1.54, 1.807) is 13.8 Å². The Morgan fingerprint density at radius 2 is 1.95 bits per heavy atom. The van der Waals surface area contributed by atoms with Gasteiger partial charge in [-0.15, -0.1) is 11.8 Å². The number of carboxylic acid groups (broad SMARTS) is 1. The maximum Gasteiger partial charge on any atom is 0.323 e. The van der Waals surface area contributed by atoms with Crippen LogP contribution in [0, 0.1) is 11.6 Å². The van der Waals surface area contributed by atoms with Gasteiger partial charge in [-0.2, -0.15) is 0 Å². The molecule has 1 amide bonds. The van der Waals surface area contributed by atoms with Gasteiger partial charge in [-0.3, -0.25) is 9.59 Å². The molecule has 1 aromatic carbocycles. The van der Waals surface area contributed by atoms with Gasteiger partial charge >= 0.3 is 5.97 Å². The molecule has 0 aliphatic heterocycles. The molecule has 4 nitrogen and oxygen atoms in total. The molecule has 0 saturated heterocycles. The maximum absolute atomic E-state index is 13.0. The molecule has 0 atom stereocenters. The highest BCUT2D eigenvalue weighted by molar-refractivity contribution is 7.99. The zero-order chi connectivity index (χ0) is 16.0. The smallest absolute Gasteiger partial charge is 0.323 e. The molecule has 7 heteroatoms. The van der Waals surface area contributed by atoms with Crippen molar-refractivity contribution >= 4 is 23.6 Å². The summed E-state index contributed by atoms with van der Waals surface area (Å²) in [6, 6.07) is 3.33. The van der Waals surface area contributed by atoms with Crippen molar-refractivity contribution in [1.82, 2.24) is 4.90 Å². The van der Waals surface area contributed by atoms with Gasteiger partial charge in [0.2, 0.25) is 5.91 Å². The highest BCUT2D eigenvalue weighted by Gasteiger charge is 2.19. The lowest BCUT2D eigenvalue weighted by Crippen LogP contribution is -2.40. The van der Waals surface area contributed by atoms with Gasteiger partial charge < -0.3 is 10.0 Å². The van der Waals surface area contributed by atoms with Gasteiger partial charge in [-0.25, -0.2) is 8.78 Å². The van der Waals surface area contributed by atoms with Crippen LogP contribution >= 0.6 is 11.8 Å². The number of carbonyl (C=O) groups is 2. The van der Waals surface area contributed by atoms with Gasteiger partial charge in [0.05, 0.1) is 0 Å². The summed E-state index contributed by atoms with van der Waals surface area (Å²) in [5, 5.41) is 8.77. The first-order chi connectivity index (χ1) is 9.81. The number of halogens is 2. The molecule has 116 valence electrons. The number of carboxylic acids is 1. The number of benzene rings is 1. The van der Waals surface area contributed by atoms with Crippen LogP contribution in [0.2, 0.25) is 0 Å². The third kappa shape index (κ3) is 5.71. The van der Waals surface area contributed by atoms with Gasteiger partial charge in [-0.05, 0) is 32.0 Å². The second kappa shape index (κ2) is 7.97. The fourth-order valence-electron chi connectivity index (χ4n) is 1.67. The van der Waals surface area contributed by atoms with E-state index in [-0.39, 0.29) is 24.9 Å². The number of thioether (sulfide) groups is 1. The minimum Gasteiger partial charge on any atom is -0.480 e. The molecule has 21 heavy (non-hydrogen) atoms. The number of hydrogen-bond donors (Lipinski definition) is 1. The normalized spacial score (nSPS) is 10.7. The van der Waals surface area contributed by atoms with Crippen LogP contribution in [-0.4, -0.2) is 40.2 Å². The van der Waals surface area contributed by atoms with Crippen molar-refractivity contribution in [2.45, 2.75) is 31.2 Å². The van der Waals surface area contributed by atoms with E-state index < -0.39 is 17.6 Å². The van der Waals surface area contributed by atoms with Crippen LogP contribution in [0.15, 0.2) is 23.1 Å². The van der Waals surface area contributed by atoms with E-state index in [1.807, 2.05) is 0 Å². The van der Waals surface area contributed by atoms with Gasteiger partial charge in [-0.1, -0.05) is 0 Å². The molecule has 0 bridgehead atoms. The Kier molecular flexibility index (Phi) is 6.61. The zero-order valence-corrected chi connectivity index (χ0v) is 12.6. The Hall–Kier alpha value is -1.63. The van der Waals surface area contributed by atoms with E-state index in [9.17, 15) is 18.4 Å². The average Bonchev–Trinajstić information content (AvgIpc) is 2.39. The number of amides is 1. The number of aliphatic carboxylic acids is 1. The molecule has 1 aromatic rings. The number of hydrogen-bond acceptors (Lipinski definition) is 3. The maximum atomic E-state index is 13.0. The van der Waals surface area contributed by atoms with Crippen LogP contribution in [0.4, 0.5) is 8.78 Å². The SMILES string of the molecule is CC(C)N(CC(=O)O)C(=O)CCSc1ccc(F)c(F)c1. The molecule has 0 aliphatic carbocycles. The average molecular weight is 317 g/mol. The van der Waals surface area contributed by atoms with Crippen molar-refractivity contribution in [3.05, 3.63) is 29.8 Å². The molecular weight excluding hydrogens is 300 g/mol. The molecule has 0 saturated carbocycles. The third-order valence-electron chi connectivity index (χ3n) is 2.73. The fraction of sp³-hybridized carbons (Fsp3) is 0.429. The molecule has 0 aromatic heterocycles. The van der Waals surface area contributed by atoms with Crippen molar-refractivity contribution in [2.75, 3.05) is 12.3 Å².